The molecule has 3 fully saturated rings. The van der Waals surface area contributed by atoms with E-state index in [1.807, 2.05) is 36.4 Å². The zero-order valence-corrected chi connectivity index (χ0v) is 71.2. The molecule has 0 bridgehead atoms. The Labute approximate surface area is 734 Å². The van der Waals surface area contributed by atoms with Gasteiger partial charge in [0.05, 0.1) is 75.7 Å². The van der Waals surface area contributed by atoms with Crippen LogP contribution in [0.5, 0.6) is 51.7 Å². The minimum atomic E-state index is 0.126. The van der Waals surface area contributed by atoms with Gasteiger partial charge in [-0.05, 0) is 340 Å². The van der Waals surface area contributed by atoms with Crippen LogP contribution in [0.2, 0.25) is 0 Å². The van der Waals surface area contributed by atoms with Crippen LogP contribution in [0, 0.1) is 16.2 Å². The van der Waals surface area contributed by atoms with Crippen LogP contribution in [0.3, 0.4) is 0 Å². The molecular weight excluding hydrogens is 1540 g/mol. The smallest absolute Gasteiger partial charge is 0.128 e. The molecule has 0 unspecified atom stereocenters. The van der Waals surface area contributed by atoms with E-state index in [9.17, 15) is 0 Å². The summed E-state index contributed by atoms with van der Waals surface area (Å²) in [4.78, 5) is 4.63. The number of anilines is 6. The highest BCUT2D eigenvalue weighted by molar-refractivity contribution is 5.84. The molecule has 15 aromatic rings. The van der Waals surface area contributed by atoms with Crippen LogP contribution in [0.1, 0.15) is 73.4 Å². The molecule has 0 amide bonds. The van der Waals surface area contributed by atoms with Gasteiger partial charge in [-0.3, -0.25) is 0 Å². The first-order chi connectivity index (χ1) is 61.5. The molecule has 15 aromatic carbocycles. The normalized spacial score (nSPS) is 14.9. The molecule has 0 radical (unpaired) electrons. The van der Waals surface area contributed by atoms with Crippen molar-refractivity contribution in [1.82, 2.24) is 0 Å². The van der Waals surface area contributed by atoms with Gasteiger partial charge in [0.1, 0.15) is 51.7 Å². The largest absolute Gasteiger partial charge is 0.493 e. The Morgan fingerprint density at radius 2 is 0.408 bits per heavy atom. The lowest BCUT2D eigenvalue weighted by Gasteiger charge is -2.40. The van der Waals surface area contributed by atoms with E-state index in [2.05, 4.69) is 340 Å². The van der Waals surface area contributed by atoms with Crippen molar-refractivity contribution >= 4 is 34.1 Å². The van der Waals surface area contributed by atoms with E-state index in [1.54, 1.807) is 0 Å². The van der Waals surface area contributed by atoms with Gasteiger partial charge in [-0.25, -0.2) is 0 Å². The first-order valence-electron chi connectivity index (χ1n) is 44.3. The Bertz CT molecular complexity index is 5700. The Balaban J connectivity index is 0.000000158. The molecule has 21 rings (SSSR count). The van der Waals surface area contributed by atoms with Crippen LogP contribution >= 0.6 is 0 Å². The van der Waals surface area contributed by atoms with E-state index in [1.165, 1.54) is 33.4 Å². The molecular formula is C114H102N2O9. The minimum Gasteiger partial charge on any atom is -0.493 e. The molecule has 3 aliphatic carbocycles. The first kappa shape index (κ1) is 80.0. The van der Waals surface area contributed by atoms with Crippen molar-refractivity contribution in [1.29, 1.82) is 0 Å². The number of hydrogen-bond acceptors (Lipinski definition) is 11. The van der Waals surface area contributed by atoms with Gasteiger partial charge in [0.15, 0.2) is 0 Å². The fraction of sp³-hybridized carbons (Fsp3) is 0.211. The number of ether oxygens (including phenoxy) is 9. The minimum absolute atomic E-state index is 0.126. The van der Waals surface area contributed by atoms with Gasteiger partial charge < -0.3 is 52.4 Å². The average molecular weight is 1640 g/mol. The van der Waals surface area contributed by atoms with Crippen molar-refractivity contribution in [2.45, 2.75) is 78.6 Å². The van der Waals surface area contributed by atoms with Crippen LogP contribution < -0.4 is 38.2 Å². The Kier molecular flexibility index (Phi) is 22.7. The quantitative estimate of drug-likeness (QED) is 0.0431. The molecule has 0 saturated carbocycles. The molecule has 125 heavy (non-hydrogen) atoms. The molecule has 622 valence electrons. The van der Waals surface area contributed by atoms with Gasteiger partial charge in [-0.1, -0.05) is 185 Å². The summed E-state index contributed by atoms with van der Waals surface area (Å²) >= 11 is 0. The molecule has 0 N–H and O–H groups in total. The maximum absolute atomic E-state index is 6.34. The number of rotatable bonds is 30. The lowest BCUT2D eigenvalue weighted by Crippen LogP contribution is -2.46. The van der Waals surface area contributed by atoms with Crippen LogP contribution in [-0.4, -0.2) is 59.5 Å². The van der Waals surface area contributed by atoms with E-state index in [0.29, 0.717) is 19.8 Å². The second-order valence-electron chi connectivity index (χ2n) is 34.6. The number of hydrogen-bond donors (Lipinski definition) is 0. The zero-order valence-electron chi connectivity index (χ0n) is 71.2. The molecule has 11 heteroatoms. The first-order valence-corrected chi connectivity index (χ1v) is 44.3. The highest BCUT2D eigenvalue weighted by Crippen LogP contribution is 2.45. The van der Waals surface area contributed by atoms with Gasteiger partial charge in [-0.15, -0.1) is 0 Å². The Morgan fingerprint density at radius 3 is 0.592 bits per heavy atom. The Morgan fingerprint density at radius 1 is 0.208 bits per heavy atom. The van der Waals surface area contributed by atoms with Crippen molar-refractivity contribution in [3.05, 3.63) is 379 Å². The Hall–Kier alpha value is -13.4. The number of nitrogens with zero attached hydrogens (tertiary/aromatic N) is 2. The van der Waals surface area contributed by atoms with Crippen LogP contribution in [-0.2, 0) is 52.7 Å². The highest BCUT2D eigenvalue weighted by atomic mass is 16.5. The van der Waals surface area contributed by atoms with E-state index in [-0.39, 0.29) is 16.2 Å². The molecule has 11 nitrogen and oxygen atoms in total. The molecule has 0 aromatic heterocycles. The summed E-state index contributed by atoms with van der Waals surface area (Å²) in [6, 6.07) is 122. The van der Waals surface area contributed by atoms with E-state index in [0.717, 1.165) is 250 Å². The maximum Gasteiger partial charge on any atom is 0.128 e. The monoisotopic (exact) mass is 1640 g/mol. The topological polar surface area (TPSA) is 89.6 Å². The molecule has 6 aliphatic rings. The zero-order chi connectivity index (χ0) is 84.1. The average Bonchev–Trinajstić information content (AvgIpc) is 0.792. The number of benzene rings is 15. The molecule has 3 heterocycles. The molecule has 3 aliphatic heterocycles. The molecule has 0 spiro atoms. The summed E-state index contributed by atoms with van der Waals surface area (Å²) in [6.07, 6.45) is 10.0. The third-order valence-corrected chi connectivity index (χ3v) is 26.3. The van der Waals surface area contributed by atoms with E-state index >= 15 is 0 Å². The summed E-state index contributed by atoms with van der Waals surface area (Å²) in [5.41, 5.74) is 28.6. The summed E-state index contributed by atoms with van der Waals surface area (Å²) in [6.45, 7) is 13.2. The predicted octanol–water partition coefficient (Wildman–Crippen LogP) is 28.4. The molecule has 3 saturated heterocycles. The second-order valence-corrected chi connectivity index (χ2v) is 34.6. The fourth-order valence-corrected chi connectivity index (χ4v) is 17.4. The van der Waals surface area contributed by atoms with Crippen molar-refractivity contribution in [2.75, 3.05) is 69.3 Å². The van der Waals surface area contributed by atoms with Gasteiger partial charge in [0.25, 0.3) is 0 Å². The SMILES string of the molecule is CCC1(COc2cccc(-c3ccc(N(c4ccc(-c5cccc(OCC6(CC)COC6)c5)cc4)c4ccc(-c5cccc(OCC6(CC)COC6)c5)cc4)cc3)c2)COC1.c1cc(Oc2ccc3c(c2)CC3)cc(-c2ccc(N(c3ccc(-c4cccc(Oc5ccc6c(c5)CC6)c4)cc3)c3ccc(-c4cccc(Oc5ccc6c(c5)CC6)c4)cc3)cc2)c1. The lowest BCUT2D eigenvalue weighted by atomic mass is 9.84. The van der Waals surface area contributed by atoms with Crippen LogP contribution in [0.4, 0.5) is 34.1 Å². The van der Waals surface area contributed by atoms with Gasteiger partial charge in [-0.2, -0.15) is 0 Å². The molecule has 0 atom stereocenters. The maximum atomic E-state index is 6.34. The summed E-state index contributed by atoms with van der Waals surface area (Å²) in [7, 11) is 0. The van der Waals surface area contributed by atoms with Gasteiger partial charge in [0.2, 0.25) is 0 Å². The van der Waals surface area contributed by atoms with E-state index < -0.39 is 0 Å². The summed E-state index contributed by atoms with van der Waals surface area (Å²) in [5, 5.41) is 0. The van der Waals surface area contributed by atoms with Crippen molar-refractivity contribution < 1.29 is 42.6 Å². The van der Waals surface area contributed by atoms with Crippen molar-refractivity contribution in [3.8, 4) is 119 Å². The summed E-state index contributed by atoms with van der Waals surface area (Å²) < 4.78 is 54.5. The van der Waals surface area contributed by atoms with E-state index in [4.69, 9.17) is 42.6 Å². The number of aryl methyl sites for hydroxylation is 6. The second kappa shape index (κ2) is 35.4. The standard InChI is InChI=1S/C60H45NO3.C54H57NO6/c1-4-46(34-55(7-1)62-58-31-22-40-10-13-49(40)37-58)43-16-25-52(26-17-43)61(53-27-18-44(19-28-53)47-5-2-8-56(35-47)63-59-32-23-41-11-14-50(41)38-59)54-29-20-45(21-30-54)48-6-3-9-57(36-48)64-60-33-24-42-12-15-51(42)39-60;1-4-52(31-56-32-52)37-59-49-13-7-10-43(28-49)40-16-22-46(23-17-40)55(47-24-18-41(19-25-47)44-11-8-14-50(29-44)60-38-53(5-2)33-57-34-53)48-26-20-42(21-27-48)45-12-9-15-51(30-45)61-39-54(6-3)35-58-36-54/h1-9,16-39H,10-15H2;7-30H,4-6,31-39H2,1-3H3. The fourth-order valence-electron chi connectivity index (χ4n) is 17.4. The lowest BCUT2D eigenvalue weighted by molar-refractivity contribution is -0.133. The van der Waals surface area contributed by atoms with Gasteiger partial charge in [0, 0.05) is 34.1 Å². The third kappa shape index (κ3) is 17.7. The third-order valence-electron chi connectivity index (χ3n) is 26.3. The van der Waals surface area contributed by atoms with Gasteiger partial charge >= 0.3 is 0 Å². The van der Waals surface area contributed by atoms with Crippen molar-refractivity contribution in [3.63, 3.8) is 0 Å². The van der Waals surface area contributed by atoms with Crippen LogP contribution in [0.25, 0.3) is 66.8 Å². The number of fused-ring (bicyclic) bond motifs is 3. The predicted molar refractivity (Wildman–Crippen MR) is 504 cm³/mol. The highest BCUT2D eigenvalue weighted by Gasteiger charge is 2.40. The van der Waals surface area contributed by atoms with Crippen molar-refractivity contribution in [2.24, 2.45) is 16.2 Å². The summed E-state index contributed by atoms with van der Waals surface area (Å²) in [5.74, 6) is 7.81. The van der Waals surface area contributed by atoms with Crippen LogP contribution in [0.15, 0.2) is 346 Å².